The van der Waals surface area contributed by atoms with Gasteiger partial charge in [-0.05, 0) is 29.7 Å². The lowest BCUT2D eigenvalue weighted by Crippen LogP contribution is -2.18. The van der Waals surface area contributed by atoms with Crippen molar-refractivity contribution in [3.05, 3.63) is 72.4 Å². The van der Waals surface area contributed by atoms with Crippen molar-refractivity contribution in [1.82, 2.24) is 14.8 Å². The van der Waals surface area contributed by atoms with Gasteiger partial charge in [0, 0.05) is 29.4 Å². The molecule has 0 bridgehead atoms. The second-order valence-corrected chi connectivity index (χ2v) is 5.88. The molecule has 0 spiro atoms. The molecule has 0 aliphatic carbocycles. The van der Waals surface area contributed by atoms with Crippen molar-refractivity contribution in [2.75, 3.05) is 5.32 Å². The van der Waals surface area contributed by atoms with E-state index in [-0.39, 0.29) is 18.3 Å². The first kappa shape index (κ1) is 16.0. The molecule has 0 aliphatic rings. The molecule has 4 aromatic rings. The van der Waals surface area contributed by atoms with E-state index in [2.05, 4.69) is 15.5 Å². The number of nitrogens with one attached hydrogen (secondary N) is 2. The molecule has 5 nitrogen and oxygen atoms in total. The highest BCUT2D eigenvalue weighted by Gasteiger charge is 2.11. The molecule has 130 valence electrons. The summed E-state index contributed by atoms with van der Waals surface area (Å²) in [6.45, 7) is 0.129. The number of carbonyl (C=O) groups is 1. The van der Waals surface area contributed by atoms with E-state index in [9.17, 15) is 13.6 Å². The molecule has 2 aromatic heterocycles. The van der Waals surface area contributed by atoms with Gasteiger partial charge in [0.25, 0.3) is 0 Å². The van der Waals surface area contributed by atoms with Gasteiger partial charge in [0.05, 0.1) is 5.69 Å². The third-order valence-electron chi connectivity index (χ3n) is 4.01. The van der Waals surface area contributed by atoms with Crippen LogP contribution in [0, 0.1) is 11.6 Å². The normalized spacial score (nSPS) is 11.0. The summed E-state index contributed by atoms with van der Waals surface area (Å²) in [7, 11) is 0. The zero-order valence-corrected chi connectivity index (χ0v) is 13.5. The summed E-state index contributed by atoms with van der Waals surface area (Å²) in [5.74, 6) is -1.33. The Morgan fingerprint density at radius 3 is 2.65 bits per heavy atom. The van der Waals surface area contributed by atoms with Crippen molar-refractivity contribution in [2.24, 2.45) is 0 Å². The minimum atomic E-state index is -0.681. The van der Waals surface area contributed by atoms with E-state index in [0.29, 0.717) is 11.3 Å². The van der Waals surface area contributed by atoms with Gasteiger partial charge in [0.2, 0.25) is 5.91 Å². The largest absolute Gasteiger partial charge is 0.338 e. The summed E-state index contributed by atoms with van der Waals surface area (Å²) in [6.07, 6.45) is 1.84. The standard InChI is InChI=1S/C19H14F2N4O/c20-14-7-13(8-15(21)9-14)16-10-18(24-23-16)22-19(26)11-25-6-5-12-3-1-2-4-17(12)25/h1-10H,11H2,(H2,22,23,24,26). The molecule has 4 rings (SSSR count). The van der Waals surface area contributed by atoms with Crippen LogP contribution in [-0.4, -0.2) is 20.7 Å². The zero-order valence-electron chi connectivity index (χ0n) is 13.5. The molecule has 0 unspecified atom stereocenters. The molecule has 26 heavy (non-hydrogen) atoms. The lowest BCUT2D eigenvalue weighted by atomic mass is 10.1. The number of aromatic amines is 1. The third kappa shape index (κ3) is 3.19. The van der Waals surface area contributed by atoms with Crippen LogP contribution in [0.25, 0.3) is 22.2 Å². The maximum absolute atomic E-state index is 13.3. The van der Waals surface area contributed by atoms with E-state index in [0.717, 1.165) is 17.0 Å². The monoisotopic (exact) mass is 352 g/mol. The number of fused-ring (bicyclic) bond motifs is 1. The molecule has 2 aromatic carbocycles. The molecule has 0 fully saturated rings. The van der Waals surface area contributed by atoms with Crippen molar-refractivity contribution in [2.45, 2.75) is 6.54 Å². The maximum atomic E-state index is 13.3. The fourth-order valence-corrected chi connectivity index (χ4v) is 2.86. The first-order chi connectivity index (χ1) is 12.6. The molecule has 0 saturated heterocycles. The van der Waals surface area contributed by atoms with Crippen molar-refractivity contribution >= 4 is 22.6 Å². The Kier molecular flexibility index (Phi) is 3.96. The lowest BCUT2D eigenvalue weighted by molar-refractivity contribution is -0.116. The Morgan fingerprint density at radius 1 is 1.08 bits per heavy atom. The zero-order chi connectivity index (χ0) is 18.1. The number of halogens is 2. The fourth-order valence-electron chi connectivity index (χ4n) is 2.86. The van der Waals surface area contributed by atoms with Crippen LogP contribution in [0.1, 0.15) is 0 Å². The van der Waals surface area contributed by atoms with Crippen molar-refractivity contribution in [1.29, 1.82) is 0 Å². The molecule has 1 amide bonds. The Morgan fingerprint density at radius 2 is 1.85 bits per heavy atom. The predicted octanol–water partition coefficient (Wildman–Crippen LogP) is 3.95. The average Bonchev–Trinajstić information content (AvgIpc) is 3.22. The molecule has 0 saturated carbocycles. The highest BCUT2D eigenvalue weighted by molar-refractivity contribution is 5.91. The number of H-pyrrole nitrogens is 1. The summed E-state index contributed by atoms with van der Waals surface area (Å²) in [5, 5.41) is 10.4. The van der Waals surface area contributed by atoms with Gasteiger partial charge < -0.3 is 9.88 Å². The molecular formula is C19H14F2N4O. The Bertz CT molecular complexity index is 1080. The van der Waals surface area contributed by atoms with Crippen LogP contribution in [0.15, 0.2) is 60.8 Å². The highest BCUT2D eigenvalue weighted by Crippen LogP contribution is 2.22. The summed E-state index contributed by atoms with van der Waals surface area (Å²) < 4.78 is 28.5. The number of amides is 1. The number of anilines is 1. The number of hydrogen-bond acceptors (Lipinski definition) is 2. The van der Waals surface area contributed by atoms with Crippen LogP contribution in [-0.2, 0) is 11.3 Å². The van der Waals surface area contributed by atoms with Crippen LogP contribution >= 0.6 is 0 Å². The van der Waals surface area contributed by atoms with E-state index < -0.39 is 11.6 Å². The van der Waals surface area contributed by atoms with Gasteiger partial charge in [-0.1, -0.05) is 18.2 Å². The Balaban J connectivity index is 1.49. The van der Waals surface area contributed by atoms with Crippen LogP contribution in [0.3, 0.4) is 0 Å². The number of aromatic nitrogens is 3. The van der Waals surface area contributed by atoms with E-state index in [4.69, 9.17) is 0 Å². The maximum Gasteiger partial charge on any atom is 0.245 e. The summed E-state index contributed by atoms with van der Waals surface area (Å²) in [4.78, 5) is 12.3. The molecule has 2 N–H and O–H groups in total. The molecule has 2 heterocycles. The number of benzene rings is 2. The van der Waals surface area contributed by atoms with Gasteiger partial charge in [-0.25, -0.2) is 8.78 Å². The van der Waals surface area contributed by atoms with E-state index in [1.807, 2.05) is 41.1 Å². The molecular weight excluding hydrogens is 338 g/mol. The number of rotatable bonds is 4. The number of nitrogens with zero attached hydrogens (tertiary/aromatic N) is 2. The van der Waals surface area contributed by atoms with E-state index >= 15 is 0 Å². The van der Waals surface area contributed by atoms with Gasteiger partial charge in [-0.15, -0.1) is 0 Å². The van der Waals surface area contributed by atoms with Gasteiger partial charge >= 0.3 is 0 Å². The summed E-state index contributed by atoms with van der Waals surface area (Å²) in [5.41, 5.74) is 1.68. The minimum absolute atomic E-state index is 0.129. The number of hydrogen-bond donors (Lipinski definition) is 2. The molecule has 0 atom stereocenters. The number of para-hydroxylation sites is 1. The summed E-state index contributed by atoms with van der Waals surface area (Å²) in [6, 6.07) is 14.4. The van der Waals surface area contributed by atoms with Crippen molar-refractivity contribution < 1.29 is 13.6 Å². The van der Waals surface area contributed by atoms with Crippen LogP contribution in [0.5, 0.6) is 0 Å². The Hall–Kier alpha value is -3.48. The quantitative estimate of drug-likeness (QED) is 0.584. The Labute approximate surface area is 147 Å². The van der Waals surface area contributed by atoms with E-state index in [1.165, 1.54) is 18.2 Å². The van der Waals surface area contributed by atoms with Crippen molar-refractivity contribution in [3.63, 3.8) is 0 Å². The molecule has 0 radical (unpaired) electrons. The second-order valence-electron chi connectivity index (χ2n) is 5.88. The van der Waals surface area contributed by atoms with Crippen LogP contribution in [0.4, 0.5) is 14.6 Å². The van der Waals surface area contributed by atoms with Gasteiger partial charge in [0.1, 0.15) is 18.2 Å². The topological polar surface area (TPSA) is 62.7 Å². The smallest absolute Gasteiger partial charge is 0.245 e. The molecule has 7 heteroatoms. The van der Waals surface area contributed by atoms with Gasteiger partial charge in [-0.3, -0.25) is 9.89 Å². The van der Waals surface area contributed by atoms with Crippen molar-refractivity contribution in [3.8, 4) is 11.3 Å². The van der Waals surface area contributed by atoms with Gasteiger partial charge in [0.15, 0.2) is 5.82 Å². The second kappa shape index (κ2) is 6.44. The SMILES string of the molecule is O=C(Cn1ccc2ccccc21)Nc1cc(-c2cc(F)cc(F)c2)[nH]n1. The first-order valence-electron chi connectivity index (χ1n) is 7.94. The van der Waals surface area contributed by atoms with Gasteiger partial charge in [-0.2, -0.15) is 5.10 Å². The first-order valence-corrected chi connectivity index (χ1v) is 7.94. The number of carbonyl (C=O) groups excluding carboxylic acids is 1. The summed E-state index contributed by atoms with van der Waals surface area (Å²) >= 11 is 0. The van der Waals surface area contributed by atoms with Crippen LogP contribution < -0.4 is 5.32 Å². The molecule has 0 aliphatic heterocycles. The minimum Gasteiger partial charge on any atom is -0.338 e. The van der Waals surface area contributed by atoms with Crippen LogP contribution in [0.2, 0.25) is 0 Å². The average molecular weight is 352 g/mol. The third-order valence-corrected chi connectivity index (χ3v) is 4.01. The lowest BCUT2D eigenvalue weighted by Gasteiger charge is -2.05. The van der Waals surface area contributed by atoms with E-state index in [1.54, 1.807) is 0 Å². The highest BCUT2D eigenvalue weighted by atomic mass is 19.1. The fraction of sp³-hybridized carbons (Fsp3) is 0.0526. The predicted molar refractivity (Wildman–Crippen MR) is 94.5 cm³/mol.